The van der Waals surface area contributed by atoms with Gasteiger partial charge in [0.15, 0.2) is 6.61 Å². The summed E-state index contributed by atoms with van der Waals surface area (Å²) >= 11 is 1.45. The van der Waals surface area contributed by atoms with E-state index in [4.69, 9.17) is 9.26 Å². The Morgan fingerprint density at radius 1 is 1.15 bits per heavy atom. The number of esters is 1. The van der Waals surface area contributed by atoms with Crippen LogP contribution in [0.4, 0.5) is 0 Å². The molecule has 0 saturated carbocycles. The van der Waals surface area contributed by atoms with E-state index in [9.17, 15) is 4.79 Å². The third kappa shape index (κ3) is 4.73. The van der Waals surface area contributed by atoms with Crippen molar-refractivity contribution in [1.29, 1.82) is 0 Å². The van der Waals surface area contributed by atoms with E-state index in [0.29, 0.717) is 5.82 Å². The fourth-order valence-electron chi connectivity index (χ4n) is 2.32. The Morgan fingerprint density at radius 3 is 2.58 bits per heavy atom. The van der Waals surface area contributed by atoms with E-state index in [2.05, 4.69) is 17.1 Å². The number of aryl methyl sites for hydroxylation is 1. The predicted octanol–water partition coefficient (Wildman–Crippen LogP) is 4.52. The van der Waals surface area contributed by atoms with Gasteiger partial charge in [-0.3, -0.25) is 4.79 Å². The number of thioether (sulfide) groups is 1. The van der Waals surface area contributed by atoms with Crippen LogP contribution in [0, 0.1) is 0 Å². The predicted molar refractivity (Wildman–Crippen MR) is 101 cm³/mol. The summed E-state index contributed by atoms with van der Waals surface area (Å²) in [5.74, 6) is 0.459. The van der Waals surface area contributed by atoms with Crippen LogP contribution in [0.5, 0.6) is 0 Å². The van der Waals surface area contributed by atoms with E-state index >= 15 is 0 Å². The maximum atomic E-state index is 12.1. The van der Waals surface area contributed by atoms with Gasteiger partial charge in [-0.1, -0.05) is 54.5 Å². The summed E-state index contributed by atoms with van der Waals surface area (Å²) in [6, 6.07) is 17.7. The van der Waals surface area contributed by atoms with Crippen LogP contribution >= 0.6 is 11.8 Å². The lowest BCUT2D eigenvalue weighted by atomic mass is 10.1. The number of ether oxygens (including phenoxy) is 1. The Kier molecular flexibility index (Phi) is 6.07. The zero-order chi connectivity index (χ0) is 18.4. The van der Waals surface area contributed by atoms with Crippen molar-refractivity contribution < 1.29 is 14.1 Å². The summed E-state index contributed by atoms with van der Waals surface area (Å²) in [4.78, 5) is 17.4. The van der Waals surface area contributed by atoms with Crippen LogP contribution in [0.3, 0.4) is 0 Å². The van der Waals surface area contributed by atoms with Crippen LogP contribution in [-0.4, -0.2) is 21.4 Å². The zero-order valence-electron chi connectivity index (χ0n) is 14.7. The van der Waals surface area contributed by atoms with Crippen molar-refractivity contribution in [2.75, 3.05) is 0 Å². The smallest absolute Gasteiger partial charge is 0.319 e. The SMILES string of the molecule is CCc1ccc(-c2noc(COC(=O)[C@H](C)Sc3ccccc3)n2)cc1. The van der Waals surface area contributed by atoms with Gasteiger partial charge in [0.2, 0.25) is 5.82 Å². The molecule has 3 rings (SSSR count). The van der Waals surface area contributed by atoms with Gasteiger partial charge in [0, 0.05) is 10.5 Å². The van der Waals surface area contributed by atoms with Crippen LogP contribution in [0.15, 0.2) is 64.0 Å². The molecule has 6 heteroatoms. The molecule has 0 amide bonds. The van der Waals surface area contributed by atoms with Gasteiger partial charge in [-0.05, 0) is 31.0 Å². The second-order valence-electron chi connectivity index (χ2n) is 5.74. The minimum Gasteiger partial charge on any atom is -0.455 e. The lowest BCUT2D eigenvalue weighted by Gasteiger charge is -2.09. The van der Waals surface area contributed by atoms with Crippen molar-refractivity contribution >= 4 is 17.7 Å². The fraction of sp³-hybridized carbons (Fsp3) is 0.250. The monoisotopic (exact) mass is 368 g/mol. The highest BCUT2D eigenvalue weighted by Crippen LogP contribution is 2.24. The lowest BCUT2D eigenvalue weighted by molar-refractivity contribution is -0.144. The van der Waals surface area contributed by atoms with Gasteiger partial charge in [0.25, 0.3) is 5.89 Å². The number of hydrogen-bond donors (Lipinski definition) is 0. The minimum atomic E-state index is -0.318. The molecule has 2 aromatic carbocycles. The molecule has 26 heavy (non-hydrogen) atoms. The number of rotatable bonds is 7. The summed E-state index contributed by atoms with van der Waals surface area (Å²) in [5, 5.41) is 3.63. The molecule has 0 radical (unpaired) electrons. The van der Waals surface area contributed by atoms with Gasteiger partial charge < -0.3 is 9.26 Å². The normalized spacial score (nSPS) is 11.9. The first kappa shape index (κ1) is 18.2. The largest absolute Gasteiger partial charge is 0.455 e. The van der Waals surface area contributed by atoms with Crippen molar-refractivity contribution in [3.05, 3.63) is 66.1 Å². The Labute approximate surface area is 156 Å². The van der Waals surface area contributed by atoms with Crippen LogP contribution in [0.1, 0.15) is 25.3 Å². The standard InChI is InChI=1S/C20H20N2O3S/c1-3-15-9-11-16(12-10-15)19-21-18(25-22-19)13-24-20(23)14(2)26-17-7-5-4-6-8-17/h4-12,14H,3,13H2,1-2H3/t14-/m0/s1. The number of benzene rings is 2. The average molecular weight is 368 g/mol. The second kappa shape index (κ2) is 8.67. The number of hydrogen-bond acceptors (Lipinski definition) is 6. The molecule has 5 nitrogen and oxygen atoms in total. The summed E-state index contributed by atoms with van der Waals surface area (Å²) in [7, 11) is 0. The molecule has 134 valence electrons. The number of carbonyl (C=O) groups excluding carboxylic acids is 1. The Hall–Kier alpha value is -2.60. The summed E-state index contributed by atoms with van der Waals surface area (Å²) < 4.78 is 10.5. The third-order valence-electron chi connectivity index (χ3n) is 3.81. The Morgan fingerprint density at radius 2 is 1.88 bits per heavy atom. The molecule has 1 heterocycles. The first-order valence-electron chi connectivity index (χ1n) is 8.46. The first-order chi connectivity index (χ1) is 12.7. The third-order valence-corrected chi connectivity index (χ3v) is 4.90. The van der Waals surface area contributed by atoms with Gasteiger partial charge in [-0.2, -0.15) is 4.98 Å². The van der Waals surface area contributed by atoms with Gasteiger partial charge in [0.05, 0.1) is 0 Å². The topological polar surface area (TPSA) is 65.2 Å². The molecule has 0 spiro atoms. The molecule has 0 fully saturated rings. The van der Waals surface area contributed by atoms with E-state index in [1.54, 1.807) is 0 Å². The number of nitrogens with zero attached hydrogens (tertiary/aromatic N) is 2. The second-order valence-corrected chi connectivity index (χ2v) is 7.16. The quantitative estimate of drug-likeness (QED) is 0.451. The van der Waals surface area contributed by atoms with Gasteiger partial charge in [-0.15, -0.1) is 11.8 Å². The van der Waals surface area contributed by atoms with E-state index < -0.39 is 0 Å². The van der Waals surface area contributed by atoms with Gasteiger partial charge in [-0.25, -0.2) is 0 Å². The Balaban J connectivity index is 1.54. The molecule has 0 aliphatic carbocycles. The van der Waals surface area contributed by atoms with Crippen LogP contribution in [-0.2, 0) is 22.6 Å². The molecule has 3 aromatic rings. The molecular formula is C20H20N2O3S. The molecular weight excluding hydrogens is 348 g/mol. The summed E-state index contributed by atoms with van der Waals surface area (Å²) in [6.07, 6.45) is 0.979. The highest BCUT2D eigenvalue weighted by atomic mass is 32.2. The lowest BCUT2D eigenvalue weighted by Crippen LogP contribution is -2.16. The van der Waals surface area contributed by atoms with Gasteiger partial charge >= 0.3 is 5.97 Å². The van der Waals surface area contributed by atoms with Crippen molar-refractivity contribution in [3.8, 4) is 11.4 Å². The number of carbonyl (C=O) groups is 1. The maximum Gasteiger partial charge on any atom is 0.319 e. The van der Waals surface area contributed by atoms with E-state index in [-0.39, 0.29) is 23.7 Å². The summed E-state index contributed by atoms with van der Waals surface area (Å²) in [5.41, 5.74) is 2.12. The van der Waals surface area contributed by atoms with Crippen molar-refractivity contribution in [2.45, 2.75) is 37.0 Å². The zero-order valence-corrected chi connectivity index (χ0v) is 15.5. The average Bonchev–Trinajstić information content (AvgIpc) is 3.16. The van der Waals surface area contributed by atoms with Crippen molar-refractivity contribution in [1.82, 2.24) is 10.1 Å². The van der Waals surface area contributed by atoms with Crippen LogP contribution in [0.25, 0.3) is 11.4 Å². The Bertz CT molecular complexity index is 847. The van der Waals surface area contributed by atoms with Crippen LogP contribution < -0.4 is 0 Å². The highest BCUT2D eigenvalue weighted by Gasteiger charge is 2.18. The van der Waals surface area contributed by atoms with Crippen molar-refractivity contribution in [3.63, 3.8) is 0 Å². The summed E-state index contributed by atoms with van der Waals surface area (Å²) in [6.45, 7) is 3.89. The molecule has 1 atom stereocenters. The molecule has 1 aromatic heterocycles. The molecule has 0 bridgehead atoms. The fourth-order valence-corrected chi connectivity index (χ4v) is 3.21. The molecule has 0 unspecified atom stereocenters. The van der Waals surface area contributed by atoms with Gasteiger partial charge in [0.1, 0.15) is 5.25 Å². The molecule has 0 aliphatic rings. The molecule has 0 saturated heterocycles. The van der Waals surface area contributed by atoms with Crippen LogP contribution in [0.2, 0.25) is 0 Å². The molecule has 0 aliphatic heterocycles. The first-order valence-corrected chi connectivity index (χ1v) is 9.34. The van der Waals surface area contributed by atoms with E-state index in [1.165, 1.54) is 17.3 Å². The van der Waals surface area contributed by atoms with E-state index in [0.717, 1.165) is 16.9 Å². The number of aromatic nitrogens is 2. The molecule has 0 N–H and O–H groups in total. The minimum absolute atomic E-state index is 0.0292. The van der Waals surface area contributed by atoms with E-state index in [1.807, 2.05) is 61.5 Å². The highest BCUT2D eigenvalue weighted by molar-refractivity contribution is 8.00. The maximum absolute atomic E-state index is 12.1. The van der Waals surface area contributed by atoms with Crippen molar-refractivity contribution in [2.24, 2.45) is 0 Å².